The van der Waals surface area contributed by atoms with E-state index in [1.807, 2.05) is 55.4 Å². The Morgan fingerprint density at radius 1 is 0.325 bits per heavy atom. The highest BCUT2D eigenvalue weighted by Gasteiger charge is 2.04. The van der Waals surface area contributed by atoms with E-state index in [-0.39, 0.29) is 0 Å². The molecule has 0 fully saturated rings. The maximum atomic E-state index is 2.24. The molecular formula is C38H56N2. The van der Waals surface area contributed by atoms with Crippen molar-refractivity contribution in [1.29, 1.82) is 0 Å². The van der Waals surface area contributed by atoms with Crippen molar-refractivity contribution < 1.29 is 0 Å². The topological polar surface area (TPSA) is 6.48 Å². The molecule has 0 heterocycles. The number of hydrogen-bond acceptors (Lipinski definition) is 2. The minimum Gasteiger partial charge on any atom is -0.375 e. The average Bonchev–Trinajstić information content (AvgIpc) is 3.08. The lowest BCUT2D eigenvalue weighted by Crippen LogP contribution is -2.15. The molecule has 0 radical (unpaired) electrons. The van der Waals surface area contributed by atoms with Crippen LogP contribution in [0.5, 0.6) is 0 Å². The lowest BCUT2D eigenvalue weighted by molar-refractivity contribution is 0.968. The van der Waals surface area contributed by atoms with Crippen LogP contribution in [0.1, 0.15) is 69.2 Å². The maximum absolute atomic E-state index is 2.24. The molecule has 2 heteroatoms. The summed E-state index contributed by atoms with van der Waals surface area (Å²) in [7, 11) is 4.24. The molecule has 0 aliphatic heterocycles. The van der Waals surface area contributed by atoms with Crippen LogP contribution in [0, 0.1) is 0 Å². The fourth-order valence-corrected chi connectivity index (χ4v) is 3.89. The second-order valence-electron chi connectivity index (χ2n) is 8.28. The molecule has 4 aromatic rings. The number of rotatable bonds is 7. The Balaban J connectivity index is 0.00000175. The van der Waals surface area contributed by atoms with Gasteiger partial charge >= 0.3 is 0 Å². The molecule has 4 rings (SSSR count). The van der Waals surface area contributed by atoms with E-state index in [4.69, 9.17) is 0 Å². The fraction of sp³-hybridized carbons (Fsp3) is 0.368. The minimum absolute atomic E-state index is 1.01. The fourth-order valence-electron chi connectivity index (χ4n) is 3.89. The van der Waals surface area contributed by atoms with Crippen molar-refractivity contribution in [3.8, 4) is 33.4 Å². The molecule has 0 saturated carbocycles. The molecule has 0 aromatic heterocycles. The van der Waals surface area contributed by atoms with Gasteiger partial charge in [-0.05, 0) is 71.5 Å². The van der Waals surface area contributed by atoms with E-state index in [9.17, 15) is 0 Å². The molecule has 218 valence electrons. The number of anilines is 2. The van der Waals surface area contributed by atoms with Gasteiger partial charge in [-0.1, -0.05) is 128 Å². The molecule has 40 heavy (non-hydrogen) atoms. The van der Waals surface area contributed by atoms with E-state index < -0.39 is 0 Å². The number of benzene rings is 4. The van der Waals surface area contributed by atoms with Gasteiger partial charge in [-0.15, -0.1) is 0 Å². The average molecular weight is 541 g/mol. The molecule has 0 aliphatic carbocycles. The van der Waals surface area contributed by atoms with Crippen molar-refractivity contribution in [2.45, 2.75) is 69.2 Å². The van der Waals surface area contributed by atoms with Gasteiger partial charge in [0.1, 0.15) is 0 Å². The van der Waals surface area contributed by atoms with Crippen LogP contribution < -0.4 is 9.80 Å². The van der Waals surface area contributed by atoms with Gasteiger partial charge in [0.05, 0.1) is 0 Å². The van der Waals surface area contributed by atoms with Crippen molar-refractivity contribution in [2.75, 3.05) is 37.0 Å². The molecule has 4 aromatic carbocycles. The third kappa shape index (κ3) is 10.6. The third-order valence-electron chi connectivity index (χ3n) is 6.33. The Hall–Kier alpha value is -3.52. The van der Waals surface area contributed by atoms with E-state index in [1.54, 1.807) is 0 Å². The number of nitrogens with zero attached hydrogens (tertiary/aromatic N) is 2. The summed E-state index contributed by atoms with van der Waals surface area (Å²) in [6.07, 6.45) is 0. The Morgan fingerprint density at radius 3 is 0.625 bits per heavy atom. The largest absolute Gasteiger partial charge is 0.375 e. The van der Waals surface area contributed by atoms with E-state index in [2.05, 4.69) is 135 Å². The molecule has 0 bridgehead atoms. The van der Waals surface area contributed by atoms with Gasteiger partial charge in [-0.2, -0.15) is 0 Å². The minimum atomic E-state index is 1.01. The zero-order chi connectivity index (χ0) is 30.5. The van der Waals surface area contributed by atoms with Crippen LogP contribution in [0.2, 0.25) is 0 Å². The highest BCUT2D eigenvalue weighted by Crippen LogP contribution is 2.29. The van der Waals surface area contributed by atoms with Crippen molar-refractivity contribution >= 4 is 11.4 Å². The first-order valence-electron chi connectivity index (χ1n) is 15.4. The van der Waals surface area contributed by atoms with Gasteiger partial charge in [0.15, 0.2) is 0 Å². The van der Waals surface area contributed by atoms with Crippen LogP contribution in [0.3, 0.4) is 0 Å². The van der Waals surface area contributed by atoms with Gasteiger partial charge in [-0.25, -0.2) is 0 Å². The van der Waals surface area contributed by atoms with Crippen LogP contribution in [0.15, 0.2) is 97.1 Å². The Kier molecular flexibility index (Phi) is 19.4. The van der Waals surface area contributed by atoms with Gasteiger partial charge < -0.3 is 9.80 Å². The van der Waals surface area contributed by atoms with Crippen LogP contribution >= 0.6 is 0 Å². The van der Waals surface area contributed by atoms with Crippen molar-refractivity contribution in [3.63, 3.8) is 0 Å². The van der Waals surface area contributed by atoms with E-state index in [1.165, 1.54) is 44.8 Å². The summed E-state index contributed by atoms with van der Waals surface area (Å²) in [6.45, 7) is 22.4. The summed E-state index contributed by atoms with van der Waals surface area (Å²) in [5.41, 5.74) is 9.96. The van der Waals surface area contributed by atoms with Crippen LogP contribution in [-0.4, -0.2) is 27.2 Å². The quantitative estimate of drug-likeness (QED) is 0.230. The lowest BCUT2D eigenvalue weighted by Gasteiger charge is -2.17. The Morgan fingerprint density at radius 2 is 0.475 bits per heavy atom. The predicted octanol–water partition coefficient (Wildman–Crippen LogP) is 11.7. The van der Waals surface area contributed by atoms with Crippen molar-refractivity contribution in [1.82, 2.24) is 0 Å². The second-order valence-corrected chi connectivity index (χ2v) is 8.28. The standard InChI is InChI=1S/C30H32N2.4C2H6/c1-5-31(3)29-19-15-27(16-20-29)25-11-7-23(8-12-25)24-9-13-26(14-10-24)28-17-21-30(22-18-28)32(4)6-2;4*1-2/h7-22H,5-6H2,1-4H3;4*1-2H3. The third-order valence-corrected chi connectivity index (χ3v) is 6.33. The van der Waals surface area contributed by atoms with E-state index >= 15 is 0 Å². The summed E-state index contributed by atoms with van der Waals surface area (Å²) in [5.74, 6) is 0. The van der Waals surface area contributed by atoms with Gasteiger partial charge in [0.25, 0.3) is 0 Å². The Labute approximate surface area is 247 Å². The summed E-state index contributed by atoms with van der Waals surface area (Å²) < 4.78 is 0. The summed E-state index contributed by atoms with van der Waals surface area (Å²) in [4.78, 5) is 4.49. The highest BCUT2D eigenvalue weighted by molar-refractivity contribution is 5.74. The zero-order valence-corrected chi connectivity index (χ0v) is 27.5. The van der Waals surface area contributed by atoms with Crippen LogP contribution in [0.25, 0.3) is 33.4 Å². The normalized spacial score (nSPS) is 9.20. The molecule has 2 nitrogen and oxygen atoms in total. The Bertz CT molecular complexity index is 1030. The van der Waals surface area contributed by atoms with Crippen molar-refractivity contribution in [3.05, 3.63) is 97.1 Å². The van der Waals surface area contributed by atoms with Crippen LogP contribution in [0.4, 0.5) is 11.4 Å². The monoisotopic (exact) mass is 540 g/mol. The first kappa shape index (κ1) is 36.5. The smallest absolute Gasteiger partial charge is 0.0363 e. The van der Waals surface area contributed by atoms with Gasteiger partial charge in [0.2, 0.25) is 0 Å². The van der Waals surface area contributed by atoms with Crippen molar-refractivity contribution in [2.24, 2.45) is 0 Å². The zero-order valence-electron chi connectivity index (χ0n) is 27.5. The molecule has 0 atom stereocenters. The second kappa shape index (κ2) is 21.3. The molecular weight excluding hydrogens is 484 g/mol. The SMILES string of the molecule is CC.CC.CC.CC.CCN(C)c1ccc(-c2ccc(-c3ccc(-c4ccc(N(C)CC)cc4)cc3)cc2)cc1. The molecule has 0 aliphatic rings. The number of hydrogen-bond donors (Lipinski definition) is 0. The molecule has 0 unspecified atom stereocenters. The molecule has 0 saturated heterocycles. The molecule has 0 amide bonds. The van der Waals surface area contributed by atoms with E-state index in [0.29, 0.717) is 0 Å². The highest BCUT2D eigenvalue weighted by atomic mass is 15.1. The first-order chi connectivity index (χ1) is 19.6. The molecule has 0 N–H and O–H groups in total. The summed E-state index contributed by atoms with van der Waals surface area (Å²) >= 11 is 0. The van der Waals surface area contributed by atoms with Gasteiger partial charge in [-0.3, -0.25) is 0 Å². The van der Waals surface area contributed by atoms with Gasteiger partial charge in [0, 0.05) is 38.6 Å². The maximum Gasteiger partial charge on any atom is 0.0363 e. The first-order valence-corrected chi connectivity index (χ1v) is 15.4. The molecule has 0 spiro atoms. The summed E-state index contributed by atoms with van der Waals surface area (Å²) in [5, 5.41) is 0. The predicted molar refractivity (Wildman–Crippen MR) is 186 cm³/mol. The van der Waals surface area contributed by atoms with Crippen LogP contribution in [-0.2, 0) is 0 Å². The van der Waals surface area contributed by atoms with E-state index in [0.717, 1.165) is 13.1 Å². The lowest BCUT2D eigenvalue weighted by atomic mass is 9.98. The summed E-state index contributed by atoms with van der Waals surface area (Å²) in [6, 6.07) is 35.3.